The Morgan fingerprint density at radius 2 is 2.40 bits per heavy atom. The molecule has 2 atom stereocenters. The Bertz CT molecular complexity index is 572. The smallest absolute Gasteiger partial charge is 0.271 e. The molecule has 0 aromatic heterocycles. The van der Waals surface area contributed by atoms with Crippen molar-refractivity contribution >= 4 is 17.3 Å². The number of nitrogens with zero attached hydrogens (tertiary/aromatic N) is 2. The molecule has 0 saturated heterocycles. The van der Waals surface area contributed by atoms with E-state index in [2.05, 4.69) is 11.4 Å². The molecule has 1 aliphatic rings. The number of nitro benzene ring substituents is 1. The standard InChI is InChI=1S/C13H14ClN3O3/c1-16-13(8-15)5-4-10(7-13)20-12-3-2-9(17(18)19)6-11(12)14/h2-3,6,10,16H,4-5,7H2,1H3. The van der Waals surface area contributed by atoms with Gasteiger partial charge in [-0.1, -0.05) is 11.6 Å². The molecule has 2 unspecified atom stereocenters. The van der Waals surface area contributed by atoms with Crippen LogP contribution in [0.25, 0.3) is 0 Å². The van der Waals surface area contributed by atoms with Crippen LogP contribution in [0.5, 0.6) is 5.75 Å². The molecule has 0 aliphatic heterocycles. The number of nitrogens with one attached hydrogen (secondary N) is 1. The Morgan fingerprint density at radius 1 is 1.65 bits per heavy atom. The van der Waals surface area contributed by atoms with E-state index in [0.717, 1.165) is 6.42 Å². The van der Waals surface area contributed by atoms with Crippen molar-refractivity contribution in [3.8, 4) is 11.8 Å². The molecule has 0 radical (unpaired) electrons. The highest BCUT2D eigenvalue weighted by atomic mass is 35.5. The van der Waals surface area contributed by atoms with Crippen molar-refractivity contribution < 1.29 is 9.66 Å². The molecule has 1 aromatic rings. The Labute approximate surface area is 121 Å². The summed E-state index contributed by atoms with van der Waals surface area (Å²) >= 11 is 5.98. The van der Waals surface area contributed by atoms with Gasteiger partial charge < -0.3 is 10.1 Å². The second kappa shape index (κ2) is 5.65. The number of ether oxygens (including phenoxy) is 1. The lowest BCUT2D eigenvalue weighted by molar-refractivity contribution is -0.384. The zero-order valence-corrected chi connectivity index (χ0v) is 11.7. The van der Waals surface area contributed by atoms with Crippen molar-refractivity contribution in [1.82, 2.24) is 5.32 Å². The van der Waals surface area contributed by atoms with E-state index in [9.17, 15) is 15.4 Å². The van der Waals surface area contributed by atoms with Crippen LogP contribution in [0.1, 0.15) is 19.3 Å². The number of benzene rings is 1. The molecule has 0 heterocycles. The second-order valence-corrected chi connectivity index (χ2v) is 5.21. The molecule has 6 nitrogen and oxygen atoms in total. The summed E-state index contributed by atoms with van der Waals surface area (Å²) in [5.74, 6) is 0.409. The van der Waals surface area contributed by atoms with Crippen molar-refractivity contribution in [3.05, 3.63) is 33.3 Å². The van der Waals surface area contributed by atoms with E-state index in [1.165, 1.54) is 18.2 Å². The van der Waals surface area contributed by atoms with Crippen LogP contribution in [-0.4, -0.2) is 23.6 Å². The maximum atomic E-state index is 10.6. The number of nitro groups is 1. The minimum absolute atomic E-state index is 0.0737. The number of hydrogen-bond acceptors (Lipinski definition) is 5. The van der Waals surface area contributed by atoms with Gasteiger partial charge in [0.05, 0.1) is 16.0 Å². The number of hydrogen-bond donors (Lipinski definition) is 1. The van der Waals surface area contributed by atoms with Crippen molar-refractivity contribution in [2.45, 2.75) is 30.9 Å². The average Bonchev–Trinajstić information content (AvgIpc) is 2.85. The molecule has 1 aromatic carbocycles. The molecule has 7 heteroatoms. The molecular formula is C13H14ClN3O3. The number of halogens is 1. The van der Waals surface area contributed by atoms with Crippen LogP contribution in [-0.2, 0) is 0 Å². The first kappa shape index (κ1) is 14.6. The van der Waals surface area contributed by atoms with Crippen molar-refractivity contribution in [2.75, 3.05) is 7.05 Å². The number of non-ortho nitro benzene ring substituents is 1. The third-order valence-electron chi connectivity index (χ3n) is 3.58. The summed E-state index contributed by atoms with van der Waals surface area (Å²) in [6.07, 6.45) is 1.88. The van der Waals surface area contributed by atoms with Gasteiger partial charge in [-0.3, -0.25) is 10.1 Å². The molecule has 0 bridgehead atoms. The van der Waals surface area contributed by atoms with Crippen LogP contribution in [0.4, 0.5) is 5.69 Å². The van der Waals surface area contributed by atoms with E-state index in [0.29, 0.717) is 18.6 Å². The Kier molecular flexibility index (Phi) is 4.12. The third-order valence-corrected chi connectivity index (χ3v) is 3.88. The monoisotopic (exact) mass is 295 g/mol. The van der Waals surface area contributed by atoms with E-state index in [4.69, 9.17) is 16.3 Å². The van der Waals surface area contributed by atoms with E-state index < -0.39 is 10.5 Å². The molecule has 106 valence electrons. The largest absolute Gasteiger partial charge is 0.489 e. The van der Waals surface area contributed by atoms with Crippen molar-refractivity contribution in [1.29, 1.82) is 5.26 Å². The van der Waals surface area contributed by atoms with E-state index in [1.807, 2.05) is 0 Å². The fraction of sp³-hybridized carbons (Fsp3) is 0.462. The molecule has 0 spiro atoms. The van der Waals surface area contributed by atoms with Crippen LogP contribution < -0.4 is 10.1 Å². The van der Waals surface area contributed by atoms with Gasteiger partial charge in [-0.15, -0.1) is 0 Å². The van der Waals surface area contributed by atoms with Gasteiger partial charge >= 0.3 is 0 Å². The fourth-order valence-electron chi connectivity index (χ4n) is 2.36. The van der Waals surface area contributed by atoms with Gasteiger partial charge in [-0.25, -0.2) is 0 Å². The minimum Gasteiger partial charge on any atom is -0.489 e. The lowest BCUT2D eigenvalue weighted by atomic mass is 10.0. The topological polar surface area (TPSA) is 88.2 Å². The summed E-state index contributed by atoms with van der Waals surface area (Å²) in [5, 5.41) is 23.0. The molecule has 1 saturated carbocycles. The molecular weight excluding hydrogens is 282 g/mol. The molecule has 20 heavy (non-hydrogen) atoms. The Morgan fingerprint density at radius 3 is 2.90 bits per heavy atom. The number of rotatable bonds is 4. The van der Waals surface area contributed by atoms with Gasteiger partial charge in [0.2, 0.25) is 0 Å². The highest BCUT2D eigenvalue weighted by Gasteiger charge is 2.39. The summed E-state index contributed by atoms with van der Waals surface area (Å²) in [6.45, 7) is 0. The van der Waals surface area contributed by atoms with Gasteiger partial charge in [-0.2, -0.15) is 5.26 Å². The van der Waals surface area contributed by atoms with Gasteiger partial charge in [0.25, 0.3) is 5.69 Å². The quantitative estimate of drug-likeness (QED) is 0.681. The van der Waals surface area contributed by atoms with E-state index >= 15 is 0 Å². The molecule has 1 fully saturated rings. The summed E-state index contributed by atoms with van der Waals surface area (Å²) < 4.78 is 5.75. The SMILES string of the molecule is CNC1(C#N)CCC(Oc2ccc([N+](=O)[O-])cc2Cl)C1. The van der Waals surface area contributed by atoms with Crippen molar-refractivity contribution in [3.63, 3.8) is 0 Å². The first-order valence-corrected chi connectivity index (χ1v) is 6.58. The third kappa shape index (κ3) is 2.84. The van der Waals surface area contributed by atoms with Crippen LogP contribution in [0.15, 0.2) is 18.2 Å². The maximum absolute atomic E-state index is 10.6. The van der Waals surface area contributed by atoms with Gasteiger partial charge in [0.1, 0.15) is 17.4 Å². The first-order valence-electron chi connectivity index (χ1n) is 6.20. The highest BCUT2D eigenvalue weighted by molar-refractivity contribution is 6.32. The van der Waals surface area contributed by atoms with Gasteiger partial charge in [-0.05, 0) is 26.0 Å². The predicted molar refractivity (Wildman–Crippen MR) is 73.8 cm³/mol. The normalized spacial score (nSPS) is 25.1. The van der Waals surface area contributed by atoms with Crippen LogP contribution in [0.2, 0.25) is 5.02 Å². The summed E-state index contributed by atoms with van der Waals surface area (Å²) in [4.78, 5) is 10.1. The molecule has 1 aliphatic carbocycles. The first-order chi connectivity index (χ1) is 9.49. The van der Waals surface area contributed by atoms with Gasteiger partial charge in [0, 0.05) is 18.6 Å². The zero-order valence-electron chi connectivity index (χ0n) is 10.9. The Balaban J connectivity index is 2.09. The zero-order chi connectivity index (χ0) is 14.8. The van der Waals surface area contributed by atoms with Crippen LogP contribution in [0.3, 0.4) is 0 Å². The summed E-state index contributed by atoms with van der Waals surface area (Å²) in [5.41, 5.74) is -0.631. The second-order valence-electron chi connectivity index (χ2n) is 4.80. The fourth-order valence-corrected chi connectivity index (χ4v) is 2.58. The molecule has 0 amide bonds. The van der Waals surface area contributed by atoms with Crippen molar-refractivity contribution in [2.24, 2.45) is 0 Å². The number of nitriles is 1. The lowest BCUT2D eigenvalue weighted by Gasteiger charge is -2.20. The molecule has 1 N–H and O–H groups in total. The Hall–Kier alpha value is -1.84. The maximum Gasteiger partial charge on any atom is 0.271 e. The van der Waals surface area contributed by atoms with Gasteiger partial charge in [0.15, 0.2) is 0 Å². The van der Waals surface area contributed by atoms with Crippen LogP contribution >= 0.6 is 11.6 Å². The summed E-state index contributed by atoms with van der Waals surface area (Å²) in [7, 11) is 1.75. The van der Waals surface area contributed by atoms with Crippen LogP contribution in [0, 0.1) is 21.4 Å². The highest BCUT2D eigenvalue weighted by Crippen LogP contribution is 2.35. The molecule has 2 rings (SSSR count). The van der Waals surface area contributed by atoms with E-state index in [-0.39, 0.29) is 16.8 Å². The van der Waals surface area contributed by atoms with E-state index in [1.54, 1.807) is 7.05 Å². The average molecular weight is 296 g/mol. The predicted octanol–water partition coefficient (Wildman–Crippen LogP) is 2.66. The minimum atomic E-state index is -0.558. The summed E-state index contributed by atoms with van der Waals surface area (Å²) in [6, 6.07) is 6.38. The lowest BCUT2D eigenvalue weighted by Crippen LogP contribution is -2.39.